The maximum absolute atomic E-state index is 11.0. The van der Waals surface area contributed by atoms with E-state index in [1.54, 1.807) is 12.1 Å². The second-order valence-electron chi connectivity index (χ2n) is 8.91. The van der Waals surface area contributed by atoms with Crippen LogP contribution in [0.2, 0.25) is 0 Å². The second-order valence-corrected chi connectivity index (χ2v) is 8.91. The van der Waals surface area contributed by atoms with Gasteiger partial charge in [-0.3, -0.25) is 0 Å². The van der Waals surface area contributed by atoms with Gasteiger partial charge in [-0.2, -0.15) is 0 Å². The predicted octanol–water partition coefficient (Wildman–Crippen LogP) is 7.45. The van der Waals surface area contributed by atoms with Gasteiger partial charge in [0.25, 0.3) is 0 Å². The lowest BCUT2D eigenvalue weighted by Crippen LogP contribution is -2.05. The average molecular weight is 415 g/mol. The molecule has 0 amide bonds. The van der Waals surface area contributed by atoms with Gasteiger partial charge in [0.15, 0.2) is 0 Å². The monoisotopic (exact) mass is 414 g/mol. The molecule has 31 heavy (non-hydrogen) atoms. The molecule has 162 valence electrons. The van der Waals surface area contributed by atoms with Crippen molar-refractivity contribution in [3.8, 4) is 11.1 Å². The Balaban J connectivity index is 1.56. The molecule has 0 aliphatic rings. The third-order valence-electron chi connectivity index (χ3n) is 6.29. The van der Waals surface area contributed by atoms with Crippen molar-refractivity contribution < 1.29 is 9.90 Å². The summed E-state index contributed by atoms with van der Waals surface area (Å²) in [5, 5.41) is 9.05. The molecule has 0 heterocycles. The predicted molar refractivity (Wildman–Crippen MR) is 130 cm³/mol. The number of benzene rings is 3. The van der Waals surface area contributed by atoms with Gasteiger partial charge in [-0.25, -0.2) is 4.79 Å². The Hall–Kier alpha value is -2.87. The molecule has 0 aliphatic heterocycles. The fourth-order valence-electron chi connectivity index (χ4n) is 4.07. The first-order valence-corrected chi connectivity index (χ1v) is 11.5. The number of carboxylic acids is 1. The number of hydrogen-bond acceptors (Lipinski definition) is 1. The van der Waals surface area contributed by atoms with E-state index in [0.717, 1.165) is 29.9 Å². The molecule has 1 N–H and O–H groups in total. The van der Waals surface area contributed by atoms with E-state index >= 15 is 0 Å². The van der Waals surface area contributed by atoms with Crippen LogP contribution in [0.4, 0.5) is 0 Å². The lowest BCUT2D eigenvalue weighted by atomic mass is 9.89. The van der Waals surface area contributed by atoms with Crippen LogP contribution in [0, 0.1) is 11.8 Å². The molecule has 2 heteroatoms. The van der Waals surface area contributed by atoms with E-state index in [0.29, 0.717) is 11.5 Å². The van der Waals surface area contributed by atoms with Gasteiger partial charge >= 0.3 is 5.97 Å². The van der Waals surface area contributed by atoms with Gasteiger partial charge in [-0.05, 0) is 77.5 Å². The van der Waals surface area contributed by atoms with Gasteiger partial charge in [-0.15, -0.1) is 0 Å². The molecule has 0 aliphatic carbocycles. The van der Waals surface area contributed by atoms with E-state index in [4.69, 9.17) is 5.11 Å². The third-order valence-corrected chi connectivity index (χ3v) is 6.29. The van der Waals surface area contributed by atoms with E-state index in [1.807, 2.05) is 12.1 Å². The van der Waals surface area contributed by atoms with Gasteiger partial charge in [0.1, 0.15) is 0 Å². The van der Waals surface area contributed by atoms with Crippen LogP contribution >= 0.6 is 0 Å². The number of aromatic carboxylic acids is 1. The largest absolute Gasteiger partial charge is 0.478 e. The van der Waals surface area contributed by atoms with Crippen LogP contribution in [0.25, 0.3) is 11.1 Å². The van der Waals surface area contributed by atoms with E-state index in [9.17, 15) is 4.79 Å². The maximum Gasteiger partial charge on any atom is 0.335 e. The SMILES string of the molecule is CCC(C)Cc1ccccc1CCC(C)Cc1ccc(-c2ccc(C(=O)O)cc2)cc1. The van der Waals surface area contributed by atoms with E-state index < -0.39 is 5.97 Å². The van der Waals surface area contributed by atoms with E-state index in [-0.39, 0.29) is 0 Å². The van der Waals surface area contributed by atoms with Crippen molar-refractivity contribution in [3.63, 3.8) is 0 Å². The molecule has 3 rings (SSSR count). The minimum absolute atomic E-state index is 0.319. The number of aryl methyl sites for hydroxylation is 1. The van der Waals surface area contributed by atoms with Crippen molar-refractivity contribution in [1.82, 2.24) is 0 Å². The Kier molecular flexibility index (Phi) is 8.06. The minimum Gasteiger partial charge on any atom is -0.478 e. The fourth-order valence-corrected chi connectivity index (χ4v) is 4.07. The van der Waals surface area contributed by atoms with Crippen LogP contribution < -0.4 is 0 Å². The van der Waals surface area contributed by atoms with Crippen LogP contribution in [0.1, 0.15) is 60.7 Å². The zero-order chi connectivity index (χ0) is 22.2. The summed E-state index contributed by atoms with van der Waals surface area (Å²) in [6, 6.07) is 24.7. The Morgan fingerprint density at radius 1 is 0.774 bits per heavy atom. The number of carboxylic acid groups (broad SMARTS) is 1. The number of carbonyl (C=O) groups is 1. The fraction of sp³-hybridized carbons (Fsp3) is 0.345. The molecule has 2 unspecified atom stereocenters. The molecule has 0 fully saturated rings. The summed E-state index contributed by atoms with van der Waals surface area (Å²) in [5.41, 5.74) is 6.86. The Morgan fingerprint density at radius 2 is 1.35 bits per heavy atom. The molecule has 0 aromatic heterocycles. The van der Waals surface area contributed by atoms with Gasteiger partial charge in [0.2, 0.25) is 0 Å². The summed E-state index contributed by atoms with van der Waals surface area (Å²) in [4.78, 5) is 11.0. The molecule has 2 atom stereocenters. The summed E-state index contributed by atoms with van der Waals surface area (Å²) in [6.45, 7) is 6.95. The highest BCUT2D eigenvalue weighted by molar-refractivity contribution is 5.88. The average Bonchev–Trinajstić information content (AvgIpc) is 2.79. The van der Waals surface area contributed by atoms with Crippen molar-refractivity contribution in [3.05, 3.63) is 95.1 Å². The second kappa shape index (κ2) is 10.9. The summed E-state index contributed by atoms with van der Waals surface area (Å²) < 4.78 is 0. The first kappa shape index (κ1) is 22.8. The Morgan fingerprint density at radius 3 is 1.94 bits per heavy atom. The van der Waals surface area contributed by atoms with Crippen molar-refractivity contribution in [2.75, 3.05) is 0 Å². The Labute approximate surface area is 187 Å². The normalized spacial score (nSPS) is 13.0. The summed E-state index contributed by atoms with van der Waals surface area (Å²) in [6.07, 6.45) is 5.81. The van der Waals surface area contributed by atoms with Crippen molar-refractivity contribution in [2.24, 2.45) is 11.8 Å². The number of hydrogen-bond donors (Lipinski definition) is 1. The summed E-state index contributed by atoms with van der Waals surface area (Å²) in [7, 11) is 0. The topological polar surface area (TPSA) is 37.3 Å². The van der Waals surface area contributed by atoms with Gasteiger partial charge in [0.05, 0.1) is 5.56 Å². The van der Waals surface area contributed by atoms with Crippen LogP contribution in [0.3, 0.4) is 0 Å². The van der Waals surface area contributed by atoms with E-state index in [1.165, 1.54) is 36.0 Å². The molecule has 0 spiro atoms. The molecule has 0 saturated heterocycles. The summed E-state index contributed by atoms with van der Waals surface area (Å²) >= 11 is 0. The zero-order valence-electron chi connectivity index (χ0n) is 19.0. The highest BCUT2D eigenvalue weighted by Gasteiger charge is 2.10. The standard InChI is InChI=1S/C29H34O2/c1-4-21(2)20-28-8-6-5-7-24(28)12-9-22(3)19-23-10-13-25(14-11-23)26-15-17-27(18-16-26)29(30)31/h5-8,10-11,13-18,21-22H,4,9,12,19-20H2,1-3H3,(H,30,31). The molecule has 2 nitrogen and oxygen atoms in total. The molecular formula is C29H34O2. The van der Waals surface area contributed by atoms with Gasteiger partial charge in [0, 0.05) is 0 Å². The molecular weight excluding hydrogens is 380 g/mol. The van der Waals surface area contributed by atoms with Crippen LogP contribution in [-0.4, -0.2) is 11.1 Å². The maximum atomic E-state index is 11.0. The van der Waals surface area contributed by atoms with Gasteiger partial charge in [-0.1, -0.05) is 87.9 Å². The third kappa shape index (κ3) is 6.55. The quantitative estimate of drug-likeness (QED) is 0.374. The van der Waals surface area contributed by atoms with Crippen molar-refractivity contribution >= 4 is 5.97 Å². The van der Waals surface area contributed by atoms with Crippen LogP contribution in [0.15, 0.2) is 72.8 Å². The van der Waals surface area contributed by atoms with Crippen molar-refractivity contribution in [1.29, 1.82) is 0 Å². The van der Waals surface area contributed by atoms with Crippen LogP contribution in [0.5, 0.6) is 0 Å². The number of rotatable bonds is 10. The zero-order valence-corrected chi connectivity index (χ0v) is 19.0. The van der Waals surface area contributed by atoms with Crippen LogP contribution in [-0.2, 0) is 19.3 Å². The highest BCUT2D eigenvalue weighted by atomic mass is 16.4. The van der Waals surface area contributed by atoms with E-state index in [2.05, 4.69) is 69.3 Å². The summed E-state index contributed by atoms with van der Waals surface area (Å²) in [5.74, 6) is 0.466. The molecule has 0 radical (unpaired) electrons. The smallest absolute Gasteiger partial charge is 0.335 e. The molecule has 3 aromatic carbocycles. The van der Waals surface area contributed by atoms with Gasteiger partial charge < -0.3 is 5.11 Å². The highest BCUT2D eigenvalue weighted by Crippen LogP contribution is 2.23. The molecule has 0 bridgehead atoms. The lowest BCUT2D eigenvalue weighted by Gasteiger charge is -2.16. The lowest BCUT2D eigenvalue weighted by molar-refractivity contribution is 0.0697. The molecule has 0 saturated carbocycles. The first-order chi connectivity index (χ1) is 15.0. The molecule has 3 aromatic rings. The van der Waals surface area contributed by atoms with Crippen molar-refractivity contribution in [2.45, 2.75) is 52.9 Å². The Bertz CT molecular complexity index is 970. The minimum atomic E-state index is -0.890. The first-order valence-electron chi connectivity index (χ1n) is 11.5.